The molecule has 6 nitrogen and oxygen atoms in total. The summed E-state index contributed by atoms with van der Waals surface area (Å²) in [5.41, 5.74) is 3.55. The second kappa shape index (κ2) is 3.87. The van der Waals surface area contributed by atoms with Crippen molar-refractivity contribution in [2.24, 2.45) is 11.7 Å². The third kappa shape index (κ3) is 3.50. The van der Waals surface area contributed by atoms with Crippen LogP contribution in [0.2, 0.25) is 0 Å². The van der Waals surface area contributed by atoms with Crippen LogP contribution in [0.15, 0.2) is 0 Å². The second-order valence-corrected chi connectivity index (χ2v) is 1.31. The molecule has 0 rings (SSSR count). The number of hydrogen-bond acceptors (Lipinski definition) is 4. The topological polar surface area (TPSA) is 110 Å². The largest absolute Gasteiger partial charge is 0.344 e. The van der Waals surface area contributed by atoms with E-state index in [9.17, 15) is 9.59 Å². The van der Waals surface area contributed by atoms with E-state index in [1.54, 1.807) is 10.9 Å². The molecule has 0 aromatic carbocycles. The Hall–Kier alpha value is -1.08. The molecule has 0 aromatic rings. The molecule has 0 spiro atoms. The summed E-state index contributed by atoms with van der Waals surface area (Å²) in [6, 6.07) is 0. The van der Waals surface area contributed by atoms with Crippen LogP contribution in [-0.4, -0.2) is 18.9 Å². The summed E-state index contributed by atoms with van der Waals surface area (Å²) in [5, 5.41) is 0. The third-order valence-electron chi connectivity index (χ3n) is 0.643. The van der Waals surface area contributed by atoms with Gasteiger partial charge in [0.25, 0.3) is 0 Å². The molecule has 0 unspecified atom stereocenters. The van der Waals surface area contributed by atoms with Gasteiger partial charge in [-0.05, 0) is 0 Å². The molecule has 0 saturated carbocycles. The van der Waals surface area contributed by atoms with Crippen LogP contribution in [0.3, 0.4) is 0 Å². The first-order valence-corrected chi connectivity index (χ1v) is 2.19. The lowest BCUT2D eigenvalue weighted by atomic mass is 9.77. The molecule has 0 radical (unpaired) electrons. The Bertz CT molecular complexity index is 112. The zero-order chi connectivity index (χ0) is 7.28. The minimum Gasteiger partial charge on any atom is -0.303 e. The van der Waals surface area contributed by atoms with Gasteiger partial charge < -0.3 is 10.9 Å². The lowest BCUT2D eigenvalue weighted by Gasteiger charge is -1.94. The van der Waals surface area contributed by atoms with Crippen LogP contribution in [0.25, 0.3) is 0 Å². The van der Waals surface area contributed by atoms with Crippen molar-refractivity contribution in [1.29, 1.82) is 0 Å². The Labute approximate surface area is 52.1 Å². The zero-order valence-corrected chi connectivity index (χ0v) is 4.68. The molecule has 0 aromatic heterocycles. The van der Waals surface area contributed by atoms with E-state index in [1.165, 1.54) is 0 Å². The standard InChI is InChI=1S/C2H7BN4O2/c4-6-1(8)3-2(9)7-5/h3H,4-5H2,(H,6,8)(H,7,9). The summed E-state index contributed by atoms with van der Waals surface area (Å²) in [4.78, 5) is 20.5. The molecule has 0 aliphatic carbocycles. The van der Waals surface area contributed by atoms with E-state index < -0.39 is 11.6 Å². The SMILES string of the molecule is NNC(=O)BC(=O)NN. The third-order valence-corrected chi connectivity index (χ3v) is 0.643. The van der Waals surface area contributed by atoms with Crippen molar-refractivity contribution in [3.63, 3.8) is 0 Å². The number of hydrogen-bond donors (Lipinski definition) is 4. The van der Waals surface area contributed by atoms with Crippen LogP contribution in [0.1, 0.15) is 0 Å². The Morgan fingerprint density at radius 2 is 1.44 bits per heavy atom. The molecule has 0 bridgehead atoms. The lowest BCUT2D eigenvalue weighted by molar-refractivity contribution is 0.254. The highest BCUT2D eigenvalue weighted by Gasteiger charge is 2.08. The van der Waals surface area contributed by atoms with Gasteiger partial charge in [0.15, 0.2) is 11.6 Å². The predicted molar refractivity (Wildman–Crippen MR) is 32.6 cm³/mol. The molecule has 9 heavy (non-hydrogen) atoms. The molecule has 0 aliphatic heterocycles. The van der Waals surface area contributed by atoms with E-state index in [2.05, 4.69) is 11.7 Å². The van der Waals surface area contributed by atoms with Crippen molar-refractivity contribution in [2.45, 2.75) is 0 Å². The van der Waals surface area contributed by atoms with Gasteiger partial charge in [-0.3, -0.25) is 9.59 Å². The molecule has 7 heteroatoms. The van der Waals surface area contributed by atoms with Crippen molar-refractivity contribution >= 4 is 18.9 Å². The minimum atomic E-state index is -0.571. The second-order valence-electron chi connectivity index (χ2n) is 1.31. The van der Waals surface area contributed by atoms with Crippen molar-refractivity contribution in [3.05, 3.63) is 0 Å². The molecule has 0 aliphatic rings. The highest BCUT2D eigenvalue weighted by atomic mass is 16.2. The first-order chi connectivity index (χ1) is 4.20. The monoisotopic (exact) mass is 130 g/mol. The zero-order valence-electron chi connectivity index (χ0n) is 4.68. The van der Waals surface area contributed by atoms with Crippen LogP contribution in [0.5, 0.6) is 0 Å². The highest BCUT2D eigenvalue weighted by molar-refractivity contribution is 6.96. The van der Waals surface area contributed by atoms with Crippen LogP contribution in [-0.2, 0) is 0 Å². The molecule has 0 saturated heterocycles. The summed E-state index contributed by atoms with van der Waals surface area (Å²) in [7, 11) is -0.340. The normalized spacial score (nSPS) is 7.78. The molecular formula is C2H7BN4O2. The fraction of sp³-hybridized carbons (Fsp3) is 0. The fourth-order valence-electron chi connectivity index (χ4n) is 0.248. The van der Waals surface area contributed by atoms with Crippen LogP contribution in [0, 0.1) is 0 Å². The van der Waals surface area contributed by atoms with Crippen LogP contribution >= 0.6 is 0 Å². The fourth-order valence-corrected chi connectivity index (χ4v) is 0.248. The van der Waals surface area contributed by atoms with E-state index >= 15 is 0 Å². The summed E-state index contributed by atoms with van der Waals surface area (Å²) < 4.78 is 0. The summed E-state index contributed by atoms with van der Waals surface area (Å²) in [5.74, 6) is 8.17. The Morgan fingerprint density at radius 3 is 1.67 bits per heavy atom. The summed E-state index contributed by atoms with van der Waals surface area (Å²) >= 11 is 0. The van der Waals surface area contributed by atoms with Gasteiger partial charge in [0.2, 0.25) is 0 Å². The molecular weight excluding hydrogens is 123 g/mol. The maximum absolute atomic E-state index is 10.2. The maximum atomic E-state index is 10.2. The molecule has 50 valence electrons. The van der Waals surface area contributed by atoms with E-state index in [0.29, 0.717) is 0 Å². The van der Waals surface area contributed by atoms with Crippen molar-refractivity contribution < 1.29 is 9.59 Å². The van der Waals surface area contributed by atoms with Gasteiger partial charge in [0.05, 0.1) is 0 Å². The highest BCUT2D eigenvalue weighted by Crippen LogP contribution is 1.65. The van der Waals surface area contributed by atoms with Gasteiger partial charge >= 0.3 is 7.28 Å². The first-order valence-electron chi connectivity index (χ1n) is 2.19. The van der Waals surface area contributed by atoms with E-state index in [0.717, 1.165) is 0 Å². The van der Waals surface area contributed by atoms with E-state index in [-0.39, 0.29) is 7.28 Å². The molecule has 6 N–H and O–H groups in total. The first kappa shape index (κ1) is 7.92. The van der Waals surface area contributed by atoms with Crippen LogP contribution in [0.4, 0.5) is 9.59 Å². The summed E-state index contributed by atoms with van der Waals surface area (Å²) in [6.45, 7) is 0. The number of hydrazine groups is 2. The number of amides is 2. The molecule has 0 fully saturated rings. The average Bonchev–Trinajstić information content (AvgIpc) is 1.87. The van der Waals surface area contributed by atoms with Gasteiger partial charge in [-0.1, -0.05) is 0 Å². The Morgan fingerprint density at radius 1 is 1.11 bits per heavy atom. The number of carbonyl (C=O) groups is 2. The average molecular weight is 130 g/mol. The van der Waals surface area contributed by atoms with E-state index in [4.69, 9.17) is 0 Å². The smallest absolute Gasteiger partial charge is 0.303 e. The number of carbonyl (C=O) groups excluding carboxylic acids is 2. The van der Waals surface area contributed by atoms with Gasteiger partial charge in [-0.2, -0.15) is 0 Å². The maximum Gasteiger partial charge on any atom is 0.344 e. The number of nitrogens with one attached hydrogen (secondary N) is 2. The van der Waals surface area contributed by atoms with Gasteiger partial charge in [0, 0.05) is 0 Å². The summed E-state index contributed by atoms with van der Waals surface area (Å²) in [6.07, 6.45) is 0. The number of rotatable bonds is 2. The number of nitrogens with two attached hydrogens (primary N) is 2. The van der Waals surface area contributed by atoms with Gasteiger partial charge in [-0.25, -0.2) is 11.7 Å². The van der Waals surface area contributed by atoms with E-state index in [1.807, 2.05) is 0 Å². The quantitative estimate of drug-likeness (QED) is 0.144. The van der Waals surface area contributed by atoms with Gasteiger partial charge in [-0.15, -0.1) is 0 Å². The van der Waals surface area contributed by atoms with Crippen molar-refractivity contribution in [2.75, 3.05) is 0 Å². The molecule has 0 heterocycles. The van der Waals surface area contributed by atoms with Crippen molar-refractivity contribution in [3.8, 4) is 0 Å². The Balaban J connectivity index is 3.47. The lowest BCUT2D eigenvalue weighted by Crippen LogP contribution is -2.42. The van der Waals surface area contributed by atoms with Crippen molar-refractivity contribution in [1.82, 2.24) is 10.9 Å². The Kier molecular flexibility index (Phi) is 3.41. The predicted octanol–water partition coefficient (Wildman–Crippen LogP) is -2.41. The molecule has 2 amide bonds. The molecule has 0 atom stereocenters. The van der Waals surface area contributed by atoms with Gasteiger partial charge in [0.1, 0.15) is 0 Å². The minimum absolute atomic E-state index is 0.340. The van der Waals surface area contributed by atoms with Crippen LogP contribution < -0.4 is 22.5 Å².